The maximum absolute atomic E-state index is 12.3. The number of likely N-dealkylation sites (tertiary alicyclic amines) is 1. The molecule has 2 aliphatic heterocycles. The molecule has 2 aliphatic rings. The molecule has 106 valence electrons. The highest BCUT2D eigenvalue weighted by Gasteiger charge is 2.33. The Bertz CT molecular complexity index is 492. The molecule has 20 heavy (non-hydrogen) atoms. The second-order valence-corrected chi connectivity index (χ2v) is 5.72. The lowest BCUT2D eigenvalue weighted by molar-refractivity contribution is -0.136. The average Bonchev–Trinajstić information content (AvgIpc) is 2.94. The molecule has 3 rings (SSSR count). The molecule has 2 amide bonds. The van der Waals surface area contributed by atoms with E-state index in [0.29, 0.717) is 18.9 Å². The van der Waals surface area contributed by atoms with Crippen LogP contribution in [0.5, 0.6) is 0 Å². The number of nitrogens with zero attached hydrogens (tertiary/aromatic N) is 1. The lowest BCUT2D eigenvalue weighted by Crippen LogP contribution is -2.41. The topological polar surface area (TPSA) is 49.4 Å². The number of hydrogen-bond donors (Lipinski definition) is 1. The van der Waals surface area contributed by atoms with Crippen molar-refractivity contribution in [2.24, 2.45) is 5.92 Å². The molecule has 0 radical (unpaired) electrons. The van der Waals surface area contributed by atoms with Gasteiger partial charge in [-0.3, -0.25) is 9.59 Å². The van der Waals surface area contributed by atoms with E-state index in [0.717, 1.165) is 25.9 Å². The van der Waals surface area contributed by atoms with Crippen LogP contribution in [0.15, 0.2) is 30.3 Å². The molecule has 0 bridgehead atoms. The van der Waals surface area contributed by atoms with Crippen molar-refractivity contribution in [1.82, 2.24) is 10.2 Å². The van der Waals surface area contributed by atoms with Gasteiger partial charge in [0.05, 0.1) is 5.92 Å². The van der Waals surface area contributed by atoms with E-state index in [2.05, 4.69) is 29.6 Å². The van der Waals surface area contributed by atoms with Gasteiger partial charge in [0.1, 0.15) is 0 Å². The monoisotopic (exact) mass is 272 g/mol. The molecule has 4 nitrogen and oxygen atoms in total. The normalized spacial score (nSPS) is 23.7. The average molecular weight is 272 g/mol. The molecule has 2 heterocycles. The van der Waals surface area contributed by atoms with Gasteiger partial charge in [-0.2, -0.15) is 0 Å². The summed E-state index contributed by atoms with van der Waals surface area (Å²) in [7, 11) is 0. The molecule has 0 spiro atoms. The Hall–Kier alpha value is -1.84. The number of carbonyl (C=O) groups excluding carboxylic acids is 2. The molecule has 1 aromatic rings. The van der Waals surface area contributed by atoms with Crippen LogP contribution in [0.1, 0.15) is 30.7 Å². The van der Waals surface area contributed by atoms with Gasteiger partial charge < -0.3 is 10.2 Å². The predicted octanol–water partition coefficient (Wildman–Crippen LogP) is 1.53. The van der Waals surface area contributed by atoms with E-state index in [1.54, 1.807) is 0 Å². The summed E-state index contributed by atoms with van der Waals surface area (Å²) in [6.07, 6.45) is 2.39. The van der Waals surface area contributed by atoms with Crippen LogP contribution in [0.4, 0.5) is 0 Å². The maximum Gasteiger partial charge on any atom is 0.227 e. The highest BCUT2D eigenvalue weighted by atomic mass is 16.2. The zero-order valence-corrected chi connectivity index (χ0v) is 11.5. The number of rotatable bonds is 2. The molecule has 2 saturated heterocycles. The molecule has 1 N–H and O–H groups in total. The third kappa shape index (κ3) is 2.69. The lowest BCUT2D eigenvalue weighted by Gasteiger charge is -2.33. The van der Waals surface area contributed by atoms with E-state index in [9.17, 15) is 9.59 Å². The zero-order chi connectivity index (χ0) is 13.9. The minimum Gasteiger partial charge on any atom is -0.355 e. The molecule has 0 aromatic heterocycles. The Labute approximate surface area is 119 Å². The predicted molar refractivity (Wildman–Crippen MR) is 76.1 cm³/mol. The Morgan fingerprint density at radius 3 is 2.45 bits per heavy atom. The molecule has 1 atom stereocenters. The molecule has 4 heteroatoms. The van der Waals surface area contributed by atoms with Crippen LogP contribution in [0, 0.1) is 5.92 Å². The van der Waals surface area contributed by atoms with Crippen molar-refractivity contribution < 1.29 is 9.59 Å². The number of carbonyl (C=O) groups is 2. The molecule has 2 fully saturated rings. The summed E-state index contributed by atoms with van der Waals surface area (Å²) >= 11 is 0. The SMILES string of the molecule is O=C1CC(C(=O)N2CCC(c3ccccc3)CC2)CN1. The molecule has 0 aliphatic carbocycles. The molecule has 0 saturated carbocycles. The largest absolute Gasteiger partial charge is 0.355 e. The van der Waals surface area contributed by atoms with Gasteiger partial charge in [0.15, 0.2) is 0 Å². The quantitative estimate of drug-likeness (QED) is 0.887. The molecular formula is C16H20N2O2. The van der Waals surface area contributed by atoms with Gasteiger partial charge in [0.25, 0.3) is 0 Å². The van der Waals surface area contributed by atoms with Crippen LogP contribution < -0.4 is 5.32 Å². The van der Waals surface area contributed by atoms with Crippen molar-refractivity contribution in [2.75, 3.05) is 19.6 Å². The minimum absolute atomic E-state index is 0.00233. The van der Waals surface area contributed by atoms with Crippen molar-refractivity contribution in [1.29, 1.82) is 0 Å². The van der Waals surface area contributed by atoms with Gasteiger partial charge in [-0.1, -0.05) is 30.3 Å². The van der Waals surface area contributed by atoms with E-state index < -0.39 is 0 Å². The van der Waals surface area contributed by atoms with Crippen LogP contribution in [-0.2, 0) is 9.59 Å². The maximum atomic E-state index is 12.3. The smallest absolute Gasteiger partial charge is 0.227 e. The van der Waals surface area contributed by atoms with Crippen LogP contribution in [0.2, 0.25) is 0 Å². The summed E-state index contributed by atoms with van der Waals surface area (Å²) < 4.78 is 0. The first-order chi connectivity index (χ1) is 9.74. The Balaban J connectivity index is 1.56. The lowest BCUT2D eigenvalue weighted by atomic mass is 9.89. The van der Waals surface area contributed by atoms with E-state index >= 15 is 0 Å². The highest BCUT2D eigenvalue weighted by Crippen LogP contribution is 2.28. The van der Waals surface area contributed by atoms with Gasteiger partial charge in [-0.05, 0) is 24.3 Å². The fourth-order valence-electron chi connectivity index (χ4n) is 3.20. The van der Waals surface area contributed by atoms with Crippen LogP contribution in [-0.4, -0.2) is 36.3 Å². The first kappa shape index (κ1) is 13.2. The van der Waals surface area contributed by atoms with Crippen molar-refractivity contribution in [2.45, 2.75) is 25.2 Å². The van der Waals surface area contributed by atoms with Crippen molar-refractivity contribution in [3.05, 3.63) is 35.9 Å². The summed E-state index contributed by atoms with van der Waals surface area (Å²) in [5, 5.41) is 2.74. The van der Waals surface area contributed by atoms with E-state index in [1.165, 1.54) is 5.56 Å². The van der Waals surface area contributed by atoms with E-state index in [1.807, 2.05) is 11.0 Å². The number of piperidine rings is 1. The summed E-state index contributed by atoms with van der Waals surface area (Å²) in [6, 6.07) is 10.5. The van der Waals surface area contributed by atoms with Crippen LogP contribution in [0.25, 0.3) is 0 Å². The number of hydrogen-bond acceptors (Lipinski definition) is 2. The second-order valence-electron chi connectivity index (χ2n) is 5.72. The Kier molecular flexibility index (Phi) is 3.72. The third-order valence-corrected chi connectivity index (χ3v) is 4.40. The first-order valence-electron chi connectivity index (χ1n) is 7.34. The standard InChI is InChI=1S/C16H20N2O2/c19-15-10-14(11-17-15)16(20)18-8-6-13(7-9-18)12-4-2-1-3-5-12/h1-5,13-14H,6-11H2,(H,17,19). The summed E-state index contributed by atoms with van der Waals surface area (Å²) in [5.41, 5.74) is 1.37. The van der Waals surface area contributed by atoms with Crippen LogP contribution in [0.3, 0.4) is 0 Å². The highest BCUT2D eigenvalue weighted by molar-refractivity contribution is 5.89. The third-order valence-electron chi connectivity index (χ3n) is 4.40. The van der Waals surface area contributed by atoms with Crippen molar-refractivity contribution >= 4 is 11.8 Å². The number of nitrogens with one attached hydrogen (secondary N) is 1. The van der Waals surface area contributed by atoms with Gasteiger partial charge in [0, 0.05) is 26.1 Å². The molecular weight excluding hydrogens is 252 g/mol. The minimum atomic E-state index is -0.143. The van der Waals surface area contributed by atoms with E-state index in [-0.39, 0.29) is 17.7 Å². The van der Waals surface area contributed by atoms with Gasteiger partial charge in [-0.25, -0.2) is 0 Å². The number of amides is 2. The zero-order valence-electron chi connectivity index (χ0n) is 11.5. The second kappa shape index (κ2) is 5.65. The summed E-state index contributed by atoms with van der Waals surface area (Å²) in [6.45, 7) is 2.13. The van der Waals surface area contributed by atoms with Crippen LogP contribution >= 0.6 is 0 Å². The Morgan fingerprint density at radius 2 is 1.85 bits per heavy atom. The number of benzene rings is 1. The van der Waals surface area contributed by atoms with Gasteiger partial charge in [-0.15, -0.1) is 0 Å². The van der Waals surface area contributed by atoms with Crippen molar-refractivity contribution in [3.63, 3.8) is 0 Å². The Morgan fingerprint density at radius 1 is 1.15 bits per heavy atom. The summed E-state index contributed by atoms with van der Waals surface area (Å²) in [4.78, 5) is 25.5. The van der Waals surface area contributed by atoms with Gasteiger partial charge in [0.2, 0.25) is 11.8 Å². The fraction of sp³-hybridized carbons (Fsp3) is 0.500. The summed E-state index contributed by atoms with van der Waals surface area (Å²) in [5.74, 6) is 0.566. The van der Waals surface area contributed by atoms with Crippen molar-refractivity contribution in [3.8, 4) is 0 Å². The first-order valence-corrected chi connectivity index (χ1v) is 7.34. The molecule has 1 unspecified atom stereocenters. The van der Waals surface area contributed by atoms with E-state index in [4.69, 9.17) is 0 Å². The fourth-order valence-corrected chi connectivity index (χ4v) is 3.20. The van der Waals surface area contributed by atoms with Gasteiger partial charge >= 0.3 is 0 Å². The molecule has 1 aromatic carbocycles.